The third-order valence-electron chi connectivity index (χ3n) is 1.75. The van der Waals surface area contributed by atoms with Crippen LogP contribution in [0.2, 0.25) is 0 Å². The number of hydrogen-bond donors (Lipinski definition) is 1. The first-order valence-electron chi connectivity index (χ1n) is 3.75. The highest BCUT2D eigenvalue weighted by Crippen LogP contribution is 2.26. The Morgan fingerprint density at radius 1 is 1.54 bits per heavy atom. The van der Waals surface area contributed by atoms with Crippen molar-refractivity contribution in [3.8, 4) is 0 Å². The average Bonchev–Trinajstić information content (AvgIpc) is 2.03. The zero-order valence-electron chi connectivity index (χ0n) is 7.41. The Morgan fingerprint density at radius 3 is 2.62 bits per heavy atom. The van der Waals surface area contributed by atoms with Gasteiger partial charge < -0.3 is 10.0 Å². The summed E-state index contributed by atoms with van der Waals surface area (Å²) in [5.41, 5.74) is 2.02. The third kappa shape index (κ3) is 2.42. The van der Waals surface area contributed by atoms with E-state index in [4.69, 9.17) is 5.11 Å². The van der Waals surface area contributed by atoms with E-state index in [1.54, 1.807) is 11.9 Å². The van der Waals surface area contributed by atoms with Gasteiger partial charge in [0.1, 0.15) is 0 Å². The lowest BCUT2D eigenvalue weighted by Crippen LogP contribution is -2.23. The van der Waals surface area contributed by atoms with E-state index in [1.807, 2.05) is 25.1 Å². The van der Waals surface area contributed by atoms with Gasteiger partial charge in [0.15, 0.2) is 0 Å². The van der Waals surface area contributed by atoms with Crippen LogP contribution in [0.5, 0.6) is 0 Å². The van der Waals surface area contributed by atoms with Crippen LogP contribution in [0.3, 0.4) is 0 Å². The molecular weight excluding hydrogens is 250 g/mol. The molecule has 70 valence electrons. The molecule has 1 rings (SSSR count). The highest BCUT2D eigenvalue weighted by Gasteiger charge is 2.08. The summed E-state index contributed by atoms with van der Waals surface area (Å²) in [5.74, 6) is 0. The van der Waals surface area contributed by atoms with Crippen LogP contribution in [0, 0.1) is 6.92 Å². The van der Waals surface area contributed by atoms with Crippen LogP contribution < -0.4 is 4.90 Å². The predicted octanol–water partition coefficient (Wildman–Crippen LogP) is 3.04. The van der Waals surface area contributed by atoms with E-state index in [2.05, 4.69) is 28.1 Å². The Labute approximate surface area is 91.3 Å². The summed E-state index contributed by atoms with van der Waals surface area (Å²) in [5, 5.41) is 8.97. The molecule has 1 aromatic rings. The number of rotatable bonds is 1. The van der Waals surface area contributed by atoms with E-state index in [0.717, 1.165) is 15.7 Å². The molecule has 0 aliphatic heterocycles. The van der Waals surface area contributed by atoms with Gasteiger partial charge >= 0.3 is 0 Å². The molecule has 1 N–H and O–H groups in total. The largest absolute Gasteiger partial charge is 0.486 e. The molecule has 0 bridgehead atoms. The second-order valence-corrected chi connectivity index (χ2v) is 4.02. The molecular formula is C9H10BrNOS. The van der Waals surface area contributed by atoms with Gasteiger partial charge in [-0.05, 0) is 52.8 Å². The number of aliphatic hydroxyl groups is 1. The van der Waals surface area contributed by atoms with Crippen molar-refractivity contribution in [2.45, 2.75) is 6.92 Å². The second kappa shape index (κ2) is 4.07. The van der Waals surface area contributed by atoms with Crippen molar-refractivity contribution in [3.05, 3.63) is 28.2 Å². The zero-order valence-corrected chi connectivity index (χ0v) is 9.82. The molecule has 0 unspecified atom stereocenters. The summed E-state index contributed by atoms with van der Waals surface area (Å²) in [7, 11) is 1.72. The smallest absolute Gasteiger partial charge is 0.261 e. The van der Waals surface area contributed by atoms with E-state index in [9.17, 15) is 0 Å². The minimum absolute atomic E-state index is 0.135. The molecule has 2 nitrogen and oxygen atoms in total. The monoisotopic (exact) mass is 259 g/mol. The molecule has 0 saturated heterocycles. The number of aliphatic hydroxyl groups excluding tert-OH is 1. The molecule has 13 heavy (non-hydrogen) atoms. The van der Waals surface area contributed by atoms with Gasteiger partial charge in [0.2, 0.25) is 0 Å². The molecule has 0 atom stereocenters. The Bertz CT molecular complexity index is 340. The minimum Gasteiger partial charge on any atom is -0.486 e. The quantitative estimate of drug-likeness (QED) is 0.785. The maximum atomic E-state index is 9.10. The number of nitrogens with zero attached hydrogens (tertiary/aromatic N) is 1. The van der Waals surface area contributed by atoms with E-state index >= 15 is 0 Å². The van der Waals surface area contributed by atoms with Gasteiger partial charge in [-0.15, -0.1) is 0 Å². The van der Waals surface area contributed by atoms with Crippen molar-refractivity contribution in [1.29, 1.82) is 0 Å². The van der Waals surface area contributed by atoms with Crippen LogP contribution in [0.25, 0.3) is 0 Å². The van der Waals surface area contributed by atoms with Crippen LogP contribution in [-0.4, -0.2) is 17.3 Å². The number of halogens is 1. The van der Waals surface area contributed by atoms with Gasteiger partial charge in [0.25, 0.3) is 5.17 Å². The van der Waals surface area contributed by atoms with Gasteiger partial charge in [0.05, 0.1) is 5.69 Å². The van der Waals surface area contributed by atoms with Crippen molar-refractivity contribution < 1.29 is 5.11 Å². The lowest BCUT2D eigenvalue weighted by Gasteiger charge is -2.17. The van der Waals surface area contributed by atoms with Gasteiger partial charge in [-0.1, -0.05) is 6.07 Å². The van der Waals surface area contributed by atoms with Gasteiger partial charge in [-0.3, -0.25) is 0 Å². The topological polar surface area (TPSA) is 23.5 Å². The van der Waals surface area contributed by atoms with E-state index in [0.29, 0.717) is 0 Å². The first kappa shape index (κ1) is 10.5. The van der Waals surface area contributed by atoms with Crippen LogP contribution in [0.4, 0.5) is 5.69 Å². The maximum absolute atomic E-state index is 9.10. The normalized spacial score (nSPS) is 9.77. The summed E-state index contributed by atoms with van der Waals surface area (Å²) < 4.78 is 0.923. The molecule has 0 heterocycles. The predicted molar refractivity (Wildman–Crippen MR) is 62.5 cm³/mol. The summed E-state index contributed by atoms with van der Waals surface area (Å²) in [6.45, 7) is 2.01. The fourth-order valence-corrected chi connectivity index (χ4v) is 1.84. The van der Waals surface area contributed by atoms with E-state index in [1.165, 1.54) is 0 Å². The molecule has 0 aromatic heterocycles. The molecule has 0 saturated carbocycles. The summed E-state index contributed by atoms with van der Waals surface area (Å²) >= 11 is 8.06. The Hall–Kier alpha value is -0.610. The number of anilines is 1. The highest BCUT2D eigenvalue weighted by atomic mass is 79.9. The highest BCUT2D eigenvalue weighted by molar-refractivity contribution is 9.10. The Morgan fingerprint density at radius 2 is 2.15 bits per heavy atom. The molecule has 0 amide bonds. The molecule has 0 aliphatic carbocycles. The van der Waals surface area contributed by atoms with Gasteiger partial charge in [0, 0.05) is 11.5 Å². The van der Waals surface area contributed by atoms with Crippen LogP contribution >= 0.6 is 28.1 Å². The van der Waals surface area contributed by atoms with Crippen molar-refractivity contribution in [2.75, 3.05) is 11.9 Å². The Kier molecular flexibility index (Phi) is 3.27. The maximum Gasteiger partial charge on any atom is 0.261 e. The fourth-order valence-electron chi connectivity index (χ4n) is 0.987. The van der Waals surface area contributed by atoms with Crippen molar-refractivity contribution in [1.82, 2.24) is 0 Å². The van der Waals surface area contributed by atoms with Crippen LogP contribution in [0.1, 0.15) is 5.56 Å². The van der Waals surface area contributed by atoms with Crippen molar-refractivity contribution >= 4 is 39.0 Å². The third-order valence-corrected chi connectivity index (χ3v) is 2.66. The minimum atomic E-state index is -0.135. The van der Waals surface area contributed by atoms with Crippen molar-refractivity contribution in [2.24, 2.45) is 0 Å². The molecule has 1 aromatic carbocycles. The van der Waals surface area contributed by atoms with Crippen molar-refractivity contribution in [3.63, 3.8) is 0 Å². The molecule has 0 spiro atoms. The standard InChI is InChI=1S/C9H10BrNOS/c1-6-3-4-8(7(10)5-6)11(2)9(12)13/h3-5H,1-2H3,(H,12,13). The van der Waals surface area contributed by atoms with E-state index < -0.39 is 0 Å². The van der Waals surface area contributed by atoms with Gasteiger partial charge in [-0.25, -0.2) is 0 Å². The lowest BCUT2D eigenvalue weighted by atomic mass is 10.2. The molecule has 4 heteroatoms. The number of hydrogen-bond acceptors (Lipinski definition) is 1. The molecule has 0 aliphatic rings. The number of benzene rings is 1. The number of thiocarbonyl (C=S) groups is 1. The lowest BCUT2D eigenvalue weighted by molar-refractivity contribution is 0.554. The second-order valence-electron chi connectivity index (χ2n) is 2.80. The average molecular weight is 260 g/mol. The summed E-state index contributed by atoms with van der Waals surface area (Å²) in [4.78, 5) is 1.54. The van der Waals surface area contributed by atoms with E-state index in [-0.39, 0.29) is 5.17 Å². The Balaban J connectivity index is 3.08. The summed E-state index contributed by atoms with van der Waals surface area (Å²) in [6.07, 6.45) is 0. The fraction of sp³-hybridized carbons (Fsp3) is 0.222. The molecule has 0 fully saturated rings. The van der Waals surface area contributed by atoms with Crippen LogP contribution in [0.15, 0.2) is 22.7 Å². The SMILES string of the molecule is Cc1ccc(N(C)C(O)=S)c(Br)c1. The summed E-state index contributed by atoms with van der Waals surface area (Å²) in [6, 6.07) is 5.85. The van der Waals surface area contributed by atoms with Crippen LogP contribution in [-0.2, 0) is 0 Å². The number of aryl methyl sites for hydroxylation is 1. The first-order chi connectivity index (χ1) is 6.02. The van der Waals surface area contributed by atoms with Gasteiger partial charge in [-0.2, -0.15) is 0 Å². The zero-order chi connectivity index (χ0) is 10.0. The first-order valence-corrected chi connectivity index (χ1v) is 4.95. The molecule has 0 radical (unpaired) electrons.